The molecular formula is C17H23ClN4O3. The summed E-state index contributed by atoms with van der Waals surface area (Å²) >= 11 is 5.97. The van der Waals surface area contributed by atoms with Crippen molar-refractivity contribution in [2.24, 2.45) is 10.9 Å². The van der Waals surface area contributed by atoms with Crippen LogP contribution in [0.3, 0.4) is 0 Å². The maximum Gasteiger partial charge on any atom is 0.263 e. The zero-order valence-corrected chi connectivity index (χ0v) is 14.8. The lowest BCUT2D eigenvalue weighted by Crippen LogP contribution is -2.34. The number of carbonyl (C=O) groups is 2. The highest BCUT2D eigenvalue weighted by Gasteiger charge is 2.16. The van der Waals surface area contributed by atoms with E-state index in [0.717, 1.165) is 38.8 Å². The van der Waals surface area contributed by atoms with E-state index in [0.29, 0.717) is 10.7 Å². The Morgan fingerprint density at radius 1 is 1.20 bits per heavy atom. The van der Waals surface area contributed by atoms with Gasteiger partial charge >= 0.3 is 0 Å². The molecule has 136 valence electrons. The fourth-order valence-corrected chi connectivity index (χ4v) is 2.72. The molecule has 1 fully saturated rings. The van der Waals surface area contributed by atoms with Gasteiger partial charge < -0.3 is 20.8 Å². The van der Waals surface area contributed by atoms with E-state index in [1.165, 1.54) is 0 Å². The van der Waals surface area contributed by atoms with Gasteiger partial charge in [-0.1, -0.05) is 41.7 Å². The normalized spacial score (nSPS) is 15.4. The van der Waals surface area contributed by atoms with Crippen molar-refractivity contribution in [3.63, 3.8) is 0 Å². The Morgan fingerprint density at radius 2 is 1.88 bits per heavy atom. The Bertz CT molecular complexity index is 628. The van der Waals surface area contributed by atoms with Gasteiger partial charge in [-0.3, -0.25) is 9.59 Å². The Hall–Kier alpha value is -2.28. The van der Waals surface area contributed by atoms with Crippen LogP contribution in [0.1, 0.15) is 32.1 Å². The van der Waals surface area contributed by atoms with Crippen LogP contribution in [0.5, 0.6) is 0 Å². The summed E-state index contributed by atoms with van der Waals surface area (Å²) in [7, 11) is 0. The van der Waals surface area contributed by atoms with Crippen LogP contribution in [-0.2, 0) is 14.4 Å². The van der Waals surface area contributed by atoms with E-state index in [4.69, 9.17) is 22.2 Å². The number of carbonyl (C=O) groups excluding carboxylic acids is 2. The van der Waals surface area contributed by atoms with Gasteiger partial charge in [-0.25, -0.2) is 0 Å². The van der Waals surface area contributed by atoms with Crippen molar-refractivity contribution < 1.29 is 14.4 Å². The molecule has 0 aromatic heterocycles. The molecule has 0 radical (unpaired) electrons. The molecular weight excluding hydrogens is 344 g/mol. The van der Waals surface area contributed by atoms with Crippen molar-refractivity contribution in [3.8, 4) is 0 Å². The number of nitrogens with zero attached hydrogens (tertiary/aromatic N) is 2. The van der Waals surface area contributed by atoms with Crippen LogP contribution in [0.25, 0.3) is 0 Å². The largest absolute Gasteiger partial charge is 0.384 e. The molecule has 0 unspecified atom stereocenters. The van der Waals surface area contributed by atoms with Crippen molar-refractivity contribution in [2.75, 3.05) is 25.0 Å². The summed E-state index contributed by atoms with van der Waals surface area (Å²) in [6.45, 7) is 1.33. The molecule has 0 bridgehead atoms. The van der Waals surface area contributed by atoms with E-state index in [2.05, 4.69) is 10.5 Å². The number of hydrogen-bond acceptors (Lipinski definition) is 4. The minimum absolute atomic E-state index is 0.00628. The molecule has 2 rings (SSSR count). The van der Waals surface area contributed by atoms with E-state index < -0.39 is 0 Å². The number of benzene rings is 1. The highest BCUT2D eigenvalue weighted by atomic mass is 35.5. The number of hydrogen-bond donors (Lipinski definition) is 2. The zero-order chi connectivity index (χ0) is 18.1. The molecule has 1 aromatic rings. The van der Waals surface area contributed by atoms with Crippen LogP contribution in [0.15, 0.2) is 29.4 Å². The van der Waals surface area contributed by atoms with Gasteiger partial charge in [-0.2, -0.15) is 0 Å². The molecule has 1 aliphatic rings. The standard InChI is InChI=1S/C17H23ClN4O3/c18-13-7-3-4-8-14(13)20-16(23)11-15(19)21-25-12-17(24)22-9-5-1-2-6-10-22/h3-4,7-8H,1-2,5-6,9-12H2,(H2,19,21)(H,20,23). The zero-order valence-electron chi connectivity index (χ0n) is 14.0. The first-order valence-corrected chi connectivity index (χ1v) is 8.70. The van der Waals surface area contributed by atoms with Crippen molar-refractivity contribution in [1.82, 2.24) is 4.90 Å². The quantitative estimate of drug-likeness (QED) is 0.459. The monoisotopic (exact) mass is 366 g/mol. The minimum atomic E-state index is -0.364. The summed E-state index contributed by atoms with van der Waals surface area (Å²) < 4.78 is 0. The Labute approximate surface area is 152 Å². The molecule has 0 aliphatic carbocycles. The van der Waals surface area contributed by atoms with Gasteiger partial charge in [0, 0.05) is 13.1 Å². The number of nitrogens with two attached hydrogens (primary N) is 1. The number of amidine groups is 1. The molecule has 1 aliphatic heterocycles. The lowest BCUT2D eigenvalue weighted by atomic mass is 10.2. The molecule has 25 heavy (non-hydrogen) atoms. The number of oxime groups is 1. The first kappa shape index (κ1) is 19.1. The van der Waals surface area contributed by atoms with Crippen LogP contribution in [-0.4, -0.2) is 42.2 Å². The van der Waals surface area contributed by atoms with Gasteiger partial charge in [0.2, 0.25) is 5.91 Å². The Morgan fingerprint density at radius 3 is 2.56 bits per heavy atom. The fraction of sp³-hybridized carbons (Fsp3) is 0.471. The maximum atomic E-state index is 12.0. The molecule has 2 amide bonds. The van der Waals surface area contributed by atoms with Gasteiger partial charge in [-0.05, 0) is 25.0 Å². The number of rotatable bonds is 6. The highest BCUT2D eigenvalue weighted by Crippen LogP contribution is 2.20. The summed E-state index contributed by atoms with van der Waals surface area (Å²) in [6.07, 6.45) is 4.18. The number of nitrogens with one attached hydrogen (secondary N) is 1. The third-order valence-electron chi connectivity index (χ3n) is 3.82. The van der Waals surface area contributed by atoms with E-state index in [-0.39, 0.29) is 30.7 Å². The van der Waals surface area contributed by atoms with Gasteiger partial charge in [0.15, 0.2) is 6.61 Å². The van der Waals surface area contributed by atoms with E-state index >= 15 is 0 Å². The second kappa shape index (κ2) is 9.88. The van der Waals surface area contributed by atoms with E-state index in [1.807, 2.05) is 0 Å². The number of anilines is 1. The van der Waals surface area contributed by atoms with Crippen LogP contribution in [0, 0.1) is 0 Å². The Balaban J connectivity index is 1.74. The molecule has 8 heteroatoms. The van der Waals surface area contributed by atoms with Gasteiger partial charge in [-0.15, -0.1) is 0 Å². The van der Waals surface area contributed by atoms with Crippen molar-refractivity contribution in [1.29, 1.82) is 0 Å². The molecule has 7 nitrogen and oxygen atoms in total. The highest BCUT2D eigenvalue weighted by molar-refractivity contribution is 6.33. The van der Waals surface area contributed by atoms with Gasteiger partial charge in [0.25, 0.3) is 5.91 Å². The predicted molar refractivity (Wildman–Crippen MR) is 97.3 cm³/mol. The molecule has 1 saturated heterocycles. The number of para-hydroxylation sites is 1. The summed E-state index contributed by atoms with van der Waals surface area (Å²) in [6, 6.07) is 6.88. The van der Waals surface area contributed by atoms with Crippen molar-refractivity contribution in [3.05, 3.63) is 29.3 Å². The van der Waals surface area contributed by atoms with E-state index in [9.17, 15) is 9.59 Å². The SMILES string of the molecule is N/C(CC(=O)Nc1ccccc1Cl)=N/OCC(=O)N1CCCCCC1. The van der Waals surface area contributed by atoms with Gasteiger partial charge in [0.1, 0.15) is 5.84 Å². The van der Waals surface area contributed by atoms with Crippen molar-refractivity contribution in [2.45, 2.75) is 32.1 Å². The number of amides is 2. The maximum absolute atomic E-state index is 12.0. The lowest BCUT2D eigenvalue weighted by Gasteiger charge is -2.19. The van der Waals surface area contributed by atoms with Crippen LogP contribution in [0.4, 0.5) is 5.69 Å². The average Bonchev–Trinajstić information content (AvgIpc) is 2.86. The van der Waals surface area contributed by atoms with Crippen LogP contribution in [0.2, 0.25) is 5.02 Å². The fourth-order valence-electron chi connectivity index (χ4n) is 2.54. The first-order valence-electron chi connectivity index (χ1n) is 8.32. The summed E-state index contributed by atoms with van der Waals surface area (Å²) in [4.78, 5) is 30.7. The van der Waals surface area contributed by atoms with Gasteiger partial charge in [0.05, 0.1) is 17.1 Å². The molecule has 1 heterocycles. The van der Waals surface area contributed by atoms with Crippen LogP contribution >= 0.6 is 11.6 Å². The van der Waals surface area contributed by atoms with E-state index in [1.54, 1.807) is 29.2 Å². The summed E-state index contributed by atoms with van der Waals surface area (Å²) in [5.74, 6) is -0.482. The molecule has 0 atom stereocenters. The topological polar surface area (TPSA) is 97.0 Å². The first-order chi connectivity index (χ1) is 12.1. The number of halogens is 1. The summed E-state index contributed by atoms with van der Waals surface area (Å²) in [5, 5.41) is 6.71. The molecule has 0 saturated carbocycles. The number of likely N-dealkylation sites (tertiary alicyclic amines) is 1. The van der Waals surface area contributed by atoms with Crippen LogP contribution < -0.4 is 11.1 Å². The molecule has 1 aromatic carbocycles. The second-order valence-corrected chi connectivity index (χ2v) is 6.26. The third-order valence-corrected chi connectivity index (χ3v) is 4.15. The third kappa shape index (κ3) is 6.62. The predicted octanol–water partition coefficient (Wildman–Crippen LogP) is 2.36. The second-order valence-electron chi connectivity index (χ2n) is 5.86. The van der Waals surface area contributed by atoms with Crippen molar-refractivity contribution >= 4 is 34.9 Å². The molecule has 0 spiro atoms. The average molecular weight is 367 g/mol. The lowest BCUT2D eigenvalue weighted by molar-refractivity contribution is -0.136. The summed E-state index contributed by atoms with van der Waals surface area (Å²) in [5.41, 5.74) is 6.16. The minimum Gasteiger partial charge on any atom is -0.384 e. The Kier molecular flexibility index (Phi) is 7.53. The smallest absolute Gasteiger partial charge is 0.263 e. The molecule has 3 N–H and O–H groups in total.